The van der Waals surface area contributed by atoms with Crippen LogP contribution in [0.4, 0.5) is 0 Å². The average Bonchev–Trinajstić information content (AvgIpc) is 3.27. The highest BCUT2D eigenvalue weighted by Gasteiger charge is 2.28. The van der Waals surface area contributed by atoms with E-state index in [-0.39, 0.29) is 17.9 Å². The summed E-state index contributed by atoms with van der Waals surface area (Å²) in [5, 5.41) is 3.74. The van der Waals surface area contributed by atoms with Gasteiger partial charge in [0.1, 0.15) is 6.04 Å². The first-order valence-corrected chi connectivity index (χ1v) is 12.4. The van der Waals surface area contributed by atoms with Crippen LogP contribution in [0, 0.1) is 6.92 Å². The molecule has 0 spiro atoms. The molecule has 1 atom stereocenters. The Labute approximate surface area is 194 Å². The van der Waals surface area contributed by atoms with Crippen LogP contribution in [0.1, 0.15) is 49.3 Å². The lowest BCUT2D eigenvalue weighted by molar-refractivity contribution is -0.138. The Bertz CT molecular complexity index is 881. The van der Waals surface area contributed by atoms with Crippen LogP contribution in [0.25, 0.3) is 0 Å². The van der Waals surface area contributed by atoms with Crippen molar-refractivity contribution in [2.75, 3.05) is 5.75 Å². The van der Waals surface area contributed by atoms with Gasteiger partial charge in [0.15, 0.2) is 0 Å². The second-order valence-corrected chi connectivity index (χ2v) is 9.65. The van der Waals surface area contributed by atoms with Gasteiger partial charge < -0.3 is 10.2 Å². The summed E-state index contributed by atoms with van der Waals surface area (Å²) in [5.41, 5.74) is 3.26. The van der Waals surface area contributed by atoms with Gasteiger partial charge in [-0.15, -0.1) is 11.8 Å². The third-order valence-corrected chi connectivity index (χ3v) is 7.14. The van der Waals surface area contributed by atoms with Crippen molar-refractivity contribution in [2.45, 2.75) is 63.9 Å². The molecular weight excluding hydrogens is 428 g/mol. The van der Waals surface area contributed by atoms with E-state index in [1.807, 2.05) is 31.2 Å². The second-order valence-electron chi connectivity index (χ2n) is 8.26. The first-order chi connectivity index (χ1) is 14.9. The number of nitrogens with one attached hydrogen (secondary N) is 1. The van der Waals surface area contributed by atoms with E-state index in [4.69, 9.17) is 11.6 Å². The van der Waals surface area contributed by atoms with E-state index in [0.717, 1.165) is 37.0 Å². The van der Waals surface area contributed by atoms with Crippen molar-refractivity contribution in [1.82, 2.24) is 10.2 Å². The van der Waals surface area contributed by atoms with Crippen LogP contribution in [0.15, 0.2) is 48.5 Å². The summed E-state index contributed by atoms with van der Waals surface area (Å²) in [6.45, 7) is 4.19. The van der Waals surface area contributed by atoms with Crippen LogP contribution >= 0.6 is 23.4 Å². The molecular formula is C25H31ClN2O2S. The van der Waals surface area contributed by atoms with Crippen LogP contribution in [0.2, 0.25) is 5.02 Å². The fourth-order valence-corrected chi connectivity index (χ4v) is 4.87. The van der Waals surface area contributed by atoms with Gasteiger partial charge in [-0.2, -0.15) is 0 Å². The predicted octanol–water partition coefficient (Wildman–Crippen LogP) is 5.36. The topological polar surface area (TPSA) is 49.4 Å². The van der Waals surface area contributed by atoms with Crippen molar-refractivity contribution in [2.24, 2.45) is 0 Å². The predicted molar refractivity (Wildman–Crippen MR) is 129 cm³/mol. The smallest absolute Gasteiger partial charge is 0.242 e. The Hall–Kier alpha value is -1.98. The van der Waals surface area contributed by atoms with E-state index >= 15 is 0 Å². The molecule has 4 nitrogen and oxygen atoms in total. The van der Waals surface area contributed by atoms with E-state index in [2.05, 4.69) is 36.5 Å². The Morgan fingerprint density at radius 1 is 1.13 bits per heavy atom. The summed E-state index contributed by atoms with van der Waals surface area (Å²) in [6, 6.07) is 15.5. The molecule has 1 N–H and O–H groups in total. The van der Waals surface area contributed by atoms with Crippen LogP contribution in [-0.2, 0) is 21.9 Å². The molecule has 1 fully saturated rings. The number of rotatable bonds is 9. The van der Waals surface area contributed by atoms with Crippen LogP contribution in [0.5, 0.6) is 0 Å². The lowest BCUT2D eigenvalue weighted by Gasteiger charge is -2.30. The standard InChI is InChI=1S/C25H31ClN2O2S/c1-18-11-13-20(14-12-18)16-31-17-24(29)28(15-21-7-3-6-10-23(21)26)19(2)25(30)27-22-8-4-5-9-22/h3,6-7,10-14,19,22H,4-5,8-9,15-17H2,1-2H3,(H,27,30)/t19-/m1/s1. The molecule has 1 aliphatic rings. The lowest BCUT2D eigenvalue weighted by atomic mass is 10.1. The molecule has 1 aliphatic carbocycles. The van der Waals surface area contributed by atoms with Gasteiger partial charge >= 0.3 is 0 Å². The van der Waals surface area contributed by atoms with Gasteiger partial charge in [0.25, 0.3) is 0 Å². The molecule has 0 bridgehead atoms. The minimum Gasteiger partial charge on any atom is -0.352 e. The van der Waals surface area contributed by atoms with Crippen molar-refractivity contribution in [3.05, 3.63) is 70.2 Å². The Kier molecular flexibility index (Phi) is 8.85. The van der Waals surface area contributed by atoms with Crippen molar-refractivity contribution >= 4 is 35.2 Å². The molecule has 0 radical (unpaired) electrons. The average molecular weight is 459 g/mol. The highest BCUT2D eigenvalue weighted by Crippen LogP contribution is 2.22. The summed E-state index contributed by atoms with van der Waals surface area (Å²) in [5.74, 6) is 0.940. The van der Waals surface area contributed by atoms with Gasteiger partial charge in [-0.25, -0.2) is 0 Å². The summed E-state index contributed by atoms with van der Waals surface area (Å²) < 4.78 is 0. The Balaban J connectivity index is 1.66. The van der Waals surface area contributed by atoms with E-state index in [9.17, 15) is 9.59 Å². The number of nitrogens with zero attached hydrogens (tertiary/aromatic N) is 1. The van der Waals surface area contributed by atoms with Crippen molar-refractivity contribution in [3.63, 3.8) is 0 Å². The van der Waals surface area contributed by atoms with E-state index in [1.54, 1.807) is 16.7 Å². The molecule has 0 unspecified atom stereocenters. The molecule has 0 heterocycles. The maximum absolute atomic E-state index is 13.2. The zero-order valence-electron chi connectivity index (χ0n) is 18.3. The third-order valence-electron chi connectivity index (χ3n) is 5.78. The largest absolute Gasteiger partial charge is 0.352 e. The zero-order chi connectivity index (χ0) is 22.2. The SMILES string of the molecule is Cc1ccc(CSCC(=O)N(Cc2ccccc2Cl)[C@H](C)C(=O)NC2CCCC2)cc1. The molecule has 2 aromatic carbocycles. The molecule has 0 aromatic heterocycles. The molecule has 2 amide bonds. The Morgan fingerprint density at radius 2 is 1.81 bits per heavy atom. The van der Waals surface area contributed by atoms with Crippen molar-refractivity contribution in [3.8, 4) is 0 Å². The highest BCUT2D eigenvalue weighted by molar-refractivity contribution is 7.99. The maximum atomic E-state index is 13.2. The molecule has 31 heavy (non-hydrogen) atoms. The molecule has 6 heteroatoms. The molecule has 2 aromatic rings. The molecule has 166 valence electrons. The minimum atomic E-state index is -0.552. The number of halogens is 1. The van der Waals surface area contributed by atoms with Gasteiger partial charge in [-0.1, -0.05) is 72.5 Å². The van der Waals surface area contributed by atoms with Crippen LogP contribution in [-0.4, -0.2) is 34.6 Å². The van der Waals surface area contributed by atoms with Gasteiger partial charge in [0.2, 0.25) is 11.8 Å². The number of carbonyl (C=O) groups is 2. The van der Waals surface area contributed by atoms with Crippen molar-refractivity contribution < 1.29 is 9.59 Å². The third kappa shape index (κ3) is 7.01. The molecule has 0 aliphatic heterocycles. The fraction of sp³-hybridized carbons (Fsp3) is 0.440. The summed E-state index contributed by atoms with van der Waals surface area (Å²) in [4.78, 5) is 27.7. The first kappa shape index (κ1) is 23.7. The van der Waals surface area contributed by atoms with E-state index in [0.29, 0.717) is 17.3 Å². The molecule has 1 saturated carbocycles. The number of thioether (sulfide) groups is 1. The number of carbonyl (C=O) groups excluding carboxylic acids is 2. The number of benzene rings is 2. The summed E-state index contributed by atoms with van der Waals surface area (Å²) in [6.07, 6.45) is 4.33. The van der Waals surface area contributed by atoms with E-state index in [1.165, 1.54) is 11.1 Å². The molecule has 0 saturated heterocycles. The van der Waals surface area contributed by atoms with Crippen LogP contribution in [0.3, 0.4) is 0 Å². The monoisotopic (exact) mass is 458 g/mol. The Morgan fingerprint density at radius 3 is 2.48 bits per heavy atom. The highest BCUT2D eigenvalue weighted by atomic mass is 35.5. The van der Waals surface area contributed by atoms with Gasteiger partial charge in [0, 0.05) is 23.4 Å². The van der Waals surface area contributed by atoms with Gasteiger partial charge in [-0.3, -0.25) is 9.59 Å². The summed E-state index contributed by atoms with van der Waals surface area (Å²) in [7, 11) is 0. The number of hydrogen-bond donors (Lipinski definition) is 1. The van der Waals surface area contributed by atoms with Crippen molar-refractivity contribution in [1.29, 1.82) is 0 Å². The zero-order valence-corrected chi connectivity index (χ0v) is 19.8. The lowest BCUT2D eigenvalue weighted by Crippen LogP contribution is -2.50. The first-order valence-electron chi connectivity index (χ1n) is 10.9. The number of aryl methyl sites for hydroxylation is 1. The molecule has 3 rings (SSSR count). The number of amides is 2. The minimum absolute atomic E-state index is 0.0499. The maximum Gasteiger partial charge on any atom is 0.242 e. The second kappa shape index (κ2) is 11.6. The van der Waals surface area contributed by atoms with Crippen LogP contribution < -0.4 is 5.32 Å². The van der Waals surface area contributed by atoms with Gasteiger partial charge in [0.05, 0.1) is 5.75 Å². The quantitative estimate of drug-likeness (QED) is 0.550. The number of hydrogen-bond acceptors (Lipinski definition) is 3. The van der Waals surface area contributed by atoms with Gasteiger partial charge in [-0.05, 0) is 43.9 Å². The van der Waals surface area contributed by atoms with E-state index < -0.39 is 6.04 Å². The normalized spacial score (nSPS) is 14.9. The fourth-order valence-electron chi connectivity index (χ4n) is 3.81. The summed E-state index contributed by atoms with van der Waals surface area (Å²) >= 11 is 7.92.